The molecule has 1 aliphatic rings. The molecule has 6 heteroatoms. The lowest BCUT2D eigenvalue weighted by atomic mass is 10.1. The normalized spacial score (nSPS) is 17.9. The number of nitrogens with zero attached hydrogens (tertiary/aromatic N) is 2. The summed E-state index contributed by atoms with van der Waals surface area (Å²) in [4.78, 5) is 27.4. The predicted molar refractivity (Wildman–Crippen MR) is 87.8 cm³/mol. The minimum atomic E-state index is -0.416. The van der Waals surface area contributed by atoms with Crippen LogP contribution in [-0.4, -0.2) is 42.3 Å². The Morgan fingerprint density at radius 2 is 2.04 bits per heavy atom. The van der Waals surface area contributed by atoms with Gasteiger partial charge in [0.2, 0.25) is 0 Å². The number of halogens is 1. The lowest BCUT2D eigenvalue weighted by molar-refractivity contribution is 0.0641. The van der Waals surface area contributed by atoms with Crippen LogP contribution in [-0.2, 0) is 0 Å². The van der Waals surface area contributed by atoms with Crippen molar-refractivity contribution in [2.75, 3.05) is 24.5 Å². The molecule has 1 amide bonds. The molecule has 0 saturated carbocycles. The summed E-state index contributed by atoms with van der Waals surface area (Å²) < 4.78 is 19.5. The molecule has 2 aromatic rings. The number of rotatable bonds is 3. The van der Waals surface area contributed by atoms with Crippen molar-refractivity contribution in [2.45, 2.75) is 19.9 Å². The average Bonchev–Trinajstić information content (AvgIpc) is 3.08. The van der Waals surface area contributed by atoms with Crippen molar-refractivity contribution < 1.29 is 18.4 Å². The maximum Gasteiger partial charge on any atom is 0.289 e. The predicted octanol–water partition coefficient (Wildman–Crippen LogP) is 2.97. The number of amides is 1. The Kier molecular flexibility index (Phi) is 4.38. The molecule has 5 nitrogen and oxygen atoms in total. The van der Waals surface area contributed by atoms with E-state index < -0.39 is 5.82 Å². The molecule has 1 fully saturated rings. The summed E-state index contributed by atoms with van der Waals surface area (Å²) >= 11 is 0. The fraction of sp³-hybridized carbons (Fsp3) is 0.333. The van der Waals surface area contributed by atoms with E-state index >= 15 is 0 Å². The first kappa shape index (κ1) is 16.2. The maximum absolute atomic E-state index is 14.3. The Bertz CT molecular complexity index is 758. The third-order valence-corrected chi connectivity index (χ3v) is 4.32. The van der Waals surface area contributed by atoms with E-state index in [0.29, 0.717) is 36.6 Å². The van der Waals surface area contributed by atoms with E-state index in [1.54, 1.807) is 29.2 Å². The SMILES string of the molecule is CC(=O)c1ccc(N2CCN(C(=O)c3ccco3)[C@H](C)C2)c(F)c1. The smallest absolute Gasteiger partial charge is 0.289 e. The van der Waals surface area contributed by atoms with Gasteiger partial charge in [-0.2, -0.15) is 0 Å². The van der Waals surface area contributed by atoms with Gasteiger partial charge in [-0.1, -0.05) is 0 Å². The molecule has 1 aromatic heterocycles. The number of carbonyl (C=O) groups is 2. The van der Waals surface area contributed by atoms with Crippen LogP contribution >= 0.6 is 0 Å². The number of carbonyl (C=O) groups excluding carboxylic acids is 2. The third-order valence-electron chi connectivity index (χ3n) is 4.32. The fourth-order valence-electron chi connectivity index (χ4n) is 3.00. The highest BCUT2D eigenvalue weighted by molar-refractivity contribution is 5.94. The first-order chi connectivity index (χ1) is 11.5. The van der Waals surface area contributed by atoms with Crippen molar-refractivity contribution in [2.24, 2.45) is 0 Å². The fourth-order valence-corrected chi connectivity index (χ4v) is 3.00. The van der Waals surface area contributed by atoms with Gasteiger partial charge in [0.15, 0.2) is 11.5 Å². The minimum Gasteiger partial charge on any atom is -0.459 e. The summed E-state index contributed by atoms with van der Waals surface area (Å²) in [6.45, 7) is 4.86. The van der Waals surface area contributed by atoms with Crippen LogP contribution in [0.2, 0.25) is 0 Å². The number of piperazine rings is 1. The molecule has 0 spiro atoms. The van der Waals surface area contributed by atoms with Gasteiger partial charge in [0, 0.05) is 31.2 Å². The van der Waals surface area contributed by atoms with E-state index in [-0.39, 0.29) is 17.7 Å². The average molecular weight is 330 g/mol. The molecular formula is C18H19FN2O3. The molecule has 0 aliphatic carbocycles. The number of hydrogen-bond acceptors (Lipinski definition) is 4. The molecule has 2 heterocycles. The molecule has 1 saturated heterocycles. The zero-order valence-electron chi connectivity index (χ0n) is 13.7. The monoisotopic (exact) mass is 330 g/mol. The largest absolute Gasteiger partial charge is 0.459 e. The van der Waals surface area contributed by atoms with Gasteiger partial charge in [-0.15, -0.1) is 0 Å². The second-order valence-corrected chi connectivity index (χ2v) is 5.99. The number of anilines is 1. The summed E-state index contributed by atoms with van der Waals surface area (Å²) in [5, 5.41) is 0. The molecular weight excluding hydrogens is 311 g/mol. The molecule has 0 bridgehead atoms. The summed E-state index contributed by atoms with van der Waals surface area (Å²) in [7, 11) is 0. The van der Waals surface area contributed by atoms with Crippen LogP contribution in [0.3, 0.4) is 0 Å². The number of furan rings is 1. The van der Waals surface area contributed by atoms with Gasteiger partial charge in [-0.3, -0.25) is 9.59 Å². The van der Waals surface area contributed by atoms with Crippen molar-refractivity contribution in [3.8, 4) is 0 Å². The number of Topliss-reactive ketones (excluding diaryl/α,β-unsaturated/α-hetero) is 1. The number of hydrogen-bond donors (Lipinski definition) is 0. The molecule has 3 rings (SSSR count). The van der Waals surface area contributed by atoms with Crippen LogP contribution in [0.15, 0.2) is 41.0 Å². The van der Waals surface area contributed by atoms with Crippen molar-refractivity contribution in [1.29, 1.82) is 0 Å². The molecule has 0 radical (unpaired) electrons. The van der Waals surface area contributed by atoms with Gasteiger partial charge < -0.3 is 14.2 Å². The highest BCUT2D eigenvalue weighted by Crippen LogP contribution is 2.24. The Morgan fingerprint density at radius 1 is 1.25 bits per heavy atom. The molecule has 1 atom stereocenters. The summed E-state index contributed by atoms with van der Waals surface area (Å²) in [5.41, 5.74) is 0.813. The van der Waals surface area contributed by atoms with E-state index in [1.165, 1.54) is 19.3 Å². The number of benzene rings is 1. The second kappa shape index (κ2) is 6.47. The van der Waals surface area contributed by atoms with Gasteiger partial charge >= 0.3 is 0 Å². The maximum atomic E-state index is 14.3. The molecule has 0 N–H and O–H groups in total. The highest BCUT2D eigenvalue weighted by Gasteiger charge is 2.30. The van der Waals surface area contributed by atoms with Crippen LogP contribution in [0.4, 0.5) is 10.1 Å². The van der Waals surface area contributed by atoms with Gasteiger partial charge in [-0.25, -0.2) is 4.39 Å². The summed E-state index contributed by atoms with van der Waals surface area (Å²) in [5.74, 6) is -0.421. The lowest BCUT2D eigenvalue weighted by Gasteiger charge is -2.40. The zero-order valence-corrected chi connectivity index (χ0v) is 13.7. The third kappa shape index (κ3) is 3.04. The Labute approximate surface area is 139 Å². The molecule has 1 aromatic carbocycles. The second-order valence-electron chi connectivity index (χ2n) is 5.99. The first-order valence-corrected chi connectivity index (χ1v) is 7.87. The van der Waals surface area contributed by atoms with Gasteiger partial charge in [-0.05, 0) is 44.2 Å². The van der Waals surface area contributed by atoms with E-state index in [4.69, 9.17) is 4.42 Å². The Hall–Kier alpha value is -2.63. The highest BCUT2D eigenvalue weighted by atomic mass is 19.1. The van der Waals surface area contributed by atoms with E-state index in [1.807, 2.05) is 11.8 Å². The van der Waals surface area contributed by atoms with E-state index in [0.717, 1.165) is 0 Å². The topological polar surface area (TPSA) is 53.8 Å². The van der Waals surface area contributed by atoms with E-state index in [2.05, 4.69) is 0 Å². The van der Waals surface area contributed by atoms with Crippen LogP contribution in [0, 0.1) is 5.82 Å². The van der Waals surface area contributed by atoms with Crippen LogP contribution in [0.1, 0.15) is 34.8 Å². The minimum absolute atomic E-state index is 0.0803. The quantitative estimate of drug-likeness (QED) is 0.812. The standard InChI is InChI=1S/C18H19FN2O3/c1-12-11-20(16-6-5-14(13(2)22)10-15(16)19)7-8-21(12)18(23)17-4-3-9-24-17/h3-6,9-10,12H,7-8,11H2,1-2H3/t12-/m1/s1. The van der Waals surface area contributed by atoms with Crippen LogP contribution in [0.25, 0.3) is 0 Å². The van der Waals surface area contributed by atoms with Crippen LogP contribution in [0.5, 0.6) is 0 Å². The zero-order chi connectivity index (χ0) is 17.3. The first-order valence-electron chi connectivity index (χ1n) is 7.87. The van der Waals surface area contributed by atoms with Gasteiger partial charge in [0.05, 0.1) is 12.0 Å². The molecule has 0 unspecified atom stereocenters. The Balaban J connectivity index is 1.74. The molecule has 126 valence electrons. The number of ketones is 1. The van der Waals surface area contributed by atoms with Crippen molar-refractivity contribution in [3.63, 3.8) is 0 Å². The lowest BCUT2D eigenvalue weighted by Crippen LogP contribution is -2.54. The summed E-state index contributed by atoms with van der Waals surface area (Å²) in [6, 6.07) is 7.77. The molecule has 1 aliphatic heterocycles. The van der Waals surface area contributed by atoms with Crippen molar-refractivity contribution in [3.05, 3.63) is 53.7 Å². The summed E-state index contributed by atoms with van der Waals surface area (Å²) in [6.07, 6.45) is 1.47. The van der Waals surface area contributed by atoms with Crippen molar-refractivity contribution in [1.82, 2.24) is 4.90 Å². The Morgan fingerprint density at radius 3 is 2.62 bits per heavy atom. The molecule has 24 heavy (non-hydrogen) atoms. The van der Waals surface area contributed by atoms with Crippen molar-refractivity contribution >= 4 is 17.4 Å². The van der Waals surface area contributed by atoms with Crippen LogP contribution < -0.4 is 4.90 Å². The van der Waals surface area contributed by atoms with E-state index in [9.17, 15) is 14.0 Å². The van der Waals surface area contributed by atoms with Gasteiger partial charge in [0.1, 0.15) is 5.82 Å². The van der Waals surface area contributed by atoms with Gasteiger partial charge in [0.25, 0.3) is 5.91 Å².